The minimum Gasteiger partial charge on any atom is -0.341 e. The van der Waals surface area contributed by atoms with Crippen molar-refractivity contribution in [3.05, 3.63) is 66.0 Å². The third-order valence-electron chi connectivity index (χ3n) is 5.27. The number of nitrogens with zero attached hydrogens (tertiary/aromatic N) is 2. The van der Waals surface area contributed by atoms with Crippen LogP contribution in [0.1, 0.15) is 56.5 Å². The number of aromatic nitrogens is 3. The summed E-state index contributed by atoms with van der Waals surface area (Å²) in [6, 6.07) is 16.7. The number of carbonyl (C=O) groups excluding carboxylic acids is 2. The average Bonchev–Trinajstić information content (AvgIpc) is 3.50. The van der Waals surface area contributed by atoms with E-state index in [0.29, 0.717) is 23.3 Å². The number of carbonyl (C=O) groups is 2. The number of hydrogen-bond donors (Lipinski definition) is 3. The number of amides is 2. The third kappa shape index (κ3) is 5.36. The molecule has 2 amide bonds. The van der Waals surface area contributed by atoms with Gasteiger partial charge in [0.1, 0.15) is 5.82 Å². The Morgan fingerprint density at radius 2 is 1.84 bits per heavy atom. The number of anilines is 1. The van der Waals surface area contributed by atoms with Gasteiger partial charge in [-0.05, 0) is 42.9 Å². The molecule has 0 unspecified atom stereocenters. The van der Waals surface area contributed by atoms with Crippen molar-refractivity contribution >= 4 is 17.5 Å². The molecule has 1 aliphatic carbocycles. The first kappa shape index (κ1) is 20.8. The molecular formula is C24H27N5O2. The van der Waals surface area contributed by atoms with Crippen molar-refractivity contribution in [3.8, 4) is 11.4 Å². The lowest BCUT2D eigenvalue weighted by molar-refractivity contribution is -0.136. The van der Waals surface area contributed by atoms with Gasteiger partial charge in [0.25, 0.3) is 0 Å². The second-order valence-electron chi connectivity index (χ2n) is 8.42. The quantitative estimate of drug-likeness (QED) is 0.502. The number of nitrogens with one attached hydrogen (secondary N) is 3. The smallest absolute Gasteiger partial charge is 0.313 e. The van der Waals surface area contributed by atoms with Gasteiger partial charge in [-0.3, -0.25) is 14.7 Å². The van der Waals surface area contributed by atoms with Crippen LogP contribution in [0.25, 0.3) is 11.4 Å². The number of hydrogen-bond acceptors (Lipinski definition) is 4. The van der Waals surface area contributed by atoms with E-state index in [0.717, 1.165) is 36.2 Å². The molecule has 7 nitrogen and oxygen atoms in total. The number of rotatable bonds is 7. The molecule has 3 aromatic rings. The number of H-pyrrole nitrogens is 1. The summed E-state index contributed by atoms with van der Waals surface area (Å²) in [6.07, 6.45) is 3.02. The summed E-state index contributed by atoms with van der Waals surface area (Å²) < 4.78 is 0. The highest BCUT2D eigenvalue weighted by atomic mass is 16.2. The van der Waals surface area contributed by atoms with Crippen molar-refractivity contribution < 1.29 is 9.59 Å². The molecule has 1 aliphatic rings. The topological polar surface area (TPSA) is 99.8 Å². The number of aromatic amines is 1. The molecule has 2 aromatic carbocycles. The molecule has 4 rings (SSSR count). The Morgan fingerprint density at radius 3 is 2.55 bits per heavy atom. The molecule has 0 aliphatic heterocycles. The van der Waals surface area contributed by atoms with E-state index in [1.807, 2.05) is 42.5 Å². The zero-order chi connectivity index (χ0) is 21.8. The number of benzene rings is 2. The normalized spacial score (nSPS) is 14.3. The molecular weight excluding hydrogens is 390 g/mol. The van der Waals surface area contributed by atoms with Crippen LogP contribution < -0.4 is 10.6 Å². The minimum atomic E-state index is -0.699. The van der Waals surface area contributed by atoms with Crippen molar-refractivity contribution in [2.75, 3.05) is 5.32 Å². The molecule has 0 bridgehead atoms. The van der Waals surface area contributed by atoms with Gasteiger partial charge in [0, 0.05) is 17.2 Å². The largest absolute Gasteiger partial charge is 0.341 e. The summed E-state index contributed by atoms with van der Waals surface area (Å²) in [5, 5.41) is 12.8. The van der Waals surface area contributed by atoms with E-state index >= 15 is 0 Å². The zero-order valence-electron chi connectivity index (χ0n) is 17.8. The van der Waals surface area contributed by atoms with Gasteiger partial charge in [-0.2, -0.15) is 5.10 Å². The van der Waals surface area contributed by atoms with E-state index in [1.165, 1.54) is 0 Å². The van der Waals surface area contributed by atoms with E-state index in [2.05, 4.69) is 39.7 Å². The molecule has 1 saturated carbocycles. The highest BCUT2D eigenvalue weighted by Gasteiger charge is 2.27. The van der Waals surface area contributed by atoms with E-state index in [-0.39, 0.29) is 6.04 Å². The SMILES string of the molecule is CC(C)C[C@@H](NC(=O)C(=O)Nc1cccc(-c2n[nH]c(C3CC3)n2)c1)c1ccccc1. The lowest BCUT2D eigenvalue weighted by atomic mass is 9.97. The van der Waals surface area contributed by atoms with Gasteiger partial charge in [-0.15, -0.1) is 0 Å². The van der Waals surface area contributed by atoms with Crippen LogP contribution in [-0.4, -0.2) is 27.0 Å². The molecule has 31 heavy (non-hydrogen) atoms. The monoisotopic (exact) mass is 417 g/mol. The first-order valence-corrected chi connectivity index (χ1v) is 10.7. The molecule has 0 saturated heterocycles. The maximum Gasteiger partial charge on any atom is 0.313 e. The maximum absolute atomic E-state index is 12.6. The third-order valence-corrected chi connectivity index (χ3v) is 5.27. The highest BCUT2D eigenvalue weighted by Crippen LogP contribution is 2.38. The molecule has 0 spiro atoms. The van der Waals surface area contributed by atoms with Gasteiger partial charge in [0.15, 0.2) is 5.82 Å². The molecule has 3 N–H and O–H groups in total. The fraction of sp³-hybridized carbons (Fsp3) is 0.333. The summed E-state index contributed by atoms with van der Waals surface area (Å²) in [6.45, 7) is 4.18. The van der Waals surface area contributed by atoms with Crippen LogP contribution in [0.4, 0.5) is 5.69 Å². The van der Waals surface area contributed by atoms with Crippen molar-refractivity contribution in [1.82, 2.24) is 20.5 Å². The molecule has 0 radical (unpaired) electrons. The van der Waals surface area contributed by atoms with Crippen LogP contribution in [0.3, 0.4) is 0 Å². The van der Waals surface area contributed by atoms with Crippen LogP contribution in [0.15, 0.2) is 54.6 Å². The van der Waals surface area contributed by atoms with Gasteiger partial charge in [-0.25, -0.2) is 4.98 Å². The zero-order valence-corrected chi connectivity index (χ0v) is 17.8. The van der Waals surface area contributed by atoms with Gasteiger partial charge in [0.2, 0.25) is 0 Å². The summed E-state index contributed by atoms with van der Waals surface area (Å²) in [7, 11) is 0. The van der Waals surface area contributed by atoms with Crippen molar-refractivity contribution in [3.63, 3.8) is 0 Å². The molecule has 1 aromatic heterocycles. The van der Waals surface area contributed by atoms with E-state index in [4.69, 9.17) is 0 Å². The van der Waals surface area contributed by atoms with Gasteiger partial charge in [-0.1, -0.05) is 56.3 Å². The lowest BCUT2D eigenvalue weighted by Crippen LogP contribution is -2.38. The predicted molar refractivity (Wildman–Crippen MR) is 119 cm³/mol. The second kappa shape index (κ2) is 9.12. The van der Waals surface area contributed by atoms with Crippen LogP contribution >= 0.6 is 0 Å². The summed E-state index contributed by atoms with van der Waals surface area (Å²) in [5.41, 5.74) is 2.29. The highest BCUT2D eigenvalue weighted by molar-refractivity contribution is 6.39. The standard InChI is InChI=1S/C24H27N5O2/c1-15(2)13-20(16-7-4-3-5-8-16)26-24(31)23(30)25-19-10-6-9-18(14-19)22-27-21(28-29-22)17-11-12-17/h3-10,14-15,17,20H,11-13H2,1-2H3,(H,25,30)(H,26,31)(H,27,28,29)/t20-/m1/s1. The average molecular weight is 418 g/mol. The van der Waals surface area contributed by atoms with E-state index in [9.17, 15) is 9.59 Å². The lowest BCUT2D eigenvalue weighted by Gasteiger charge is -2.21. The minimum absolute atomic E-state index is 0.222. The Hall–Kier alpha value is -3.48. The van der Waals surface area contributed by atoms with E-state index in [1.54, 1.807) is 12.1 Å². The fourth-order valence-electron chi connectivity index (χ4n) is 3.53. The van der Waals surface area contributed by atoms with Crippen molar-refractivity contribution in [2.45, 2.75) is 45.1 Å². The molecule has 1 atom stereocenters. The van der Waals surface area contributed by atoms with Gasteiger partial charge >= 0.3 is 11.8 Å². The summed E-state index contributed by atoms with van der Waals surface area (Å²) in [5.74, 6) is 0.983. The summed E-state index contributed by atoms with van der Waals surface area (Å²) in [4.78, 5) is 29.7. The second-order valence-corrected chi connectivity index (χ2v) is 8.42. The maximum atomic E-state index is 12.6. The van der Waals surface area contributed by atoms with Gasteiger partial charge < -0.3 is 10.6 Å². The summed E-state index contributed by atoms with van der Waals surface area (Å²) >= 11 is 0. The molecule has 160 valence electrons. The molecule has 7 heteroatoms. The fourth-order valence-corrected chi connectivity index (χ4v) is 3.53. The van der Waals surface area contributed by atoms with Crippen molar-refractivity contribution in [2.24, 2.45) is 5.92 Å². The Kier molecular flexibility index (Phi) is 6.11. The molecule has 1 heterocycles. The molecule has 1 fully saturated rings. The van der Waals surface area contributed by atoms with E-state index < -0.39 is 11.8 Å². The first-order valence-electron chi connectivity index (χ1n) is 10.7. The predicted octanol–water partition coefficient (Wildman–Crippen LogP) is 4.19. The van der Waals surface area contributed by atoms with Crippen LogP contribution in [0, 0.1) is 5.92 Å². The van der Waals surface area contributed by atoms with Crippen LogP contribution in [0.5, 0.6) is 0 Å². The van der Waals surface area contributed by atoms with Crippen molar-refractivity contribution in [1.29, 1.82) is 0 Å². The Morgan fingerprint density at radius 1 is 1.06 bits per heavy atom. The Labute approximate surface area is 181 Å². The Bertz CT molecular complexity index is 1060. The first-order chi connectivity index (χ1) is 15.0. The van der Waals surface area contributed by atoms with Crippen LogP contribution in [-0.2, 0) is 9.59 Å². The van der Waals surface area contributed by atoms with Gasteiger partial charge in [0.05, 0.1) is 6.04 Å². The Balaban J connectivity index is 1.42. The van der Waals surface area contributed by atoms with Crippen LogP contribution in [0.2, 0.25) is 0 Å².